The predicted molar refractivity (Wildman–Crippen MR) is 67.2 cm³/mol. The van der Waals surface area contributed by atoms with Gasteiger partial charge in [0.05, 0.1) is 6.61 Å². The first kappa shape index (κ1) is 12.7. The molecule has 0 bridgehead atoms. The van der Waals surface area contributed by atoms with Crippen molar-refractivity contribution in [2.24, 2.45) is 5.41 Å². The Morgan fingerprint density at radius 3 is 2.78 bits per heavy atom. The number of aliphatic hydroxyl groups excluding tert-OH is 1. The Labute approximate surface area is 105 Å². The first-order valence-corrected chi connectivity index (χ1v) is 6.13. The van der Waals surface area contributed by atoms with E-state index in [1.807, 2.05) is 6.07 Å². The molecule has 0 fully saturated rings. The highest BCUT2D eigenvalue weighted by molar-refractivity contribution is 5.42. The van der Waals surface area contributed by atoms with Gasteiger partial charge >= 0.3 is 0 Å². The smallest absolute Gasteiger partial charge is 0.200 e. The maximum atomic E-state index is 9.50. The highest BCUT2D eigenvalue weighted by atomic mass is 16.3. The molecule has 0 radical (unpaired) electrons. The zero-order chi connectivity index (χ0) is 13.0. The summed E-state index contributed by atoms with van der Waals surface area (Å²) < 4.78 is 1.38. The SMILES string of the molecule is CCC(CC)(CO)CNc1ccc2nnnn2n1. The molecule has 2 aromatic heterocycles. The van der Waals surface area contributed by atoms with Crippen LogP contribution in [0.4, 0.5) is 5.82 Å². The van der Waals surface area contributed by atoms with Crippen LogP contribution in [-0.4, -0.2) is 43.5 Å². The maximum absolute atomic E-state index is 9.50. The quantitative estimate of drug-likeness (QED) is 0.785. The number of tetrazole rings is 1. The standard InChI is InChI=1S/C11H18N6O/c1-3-11(4-2,8-18)7-12-9-5-6-10-13-15-16-17(10)14-9/h5-6,18H,3-4,7-8H2,1-2H3,(H,12,14). The van der Waals surface area contributed by atoms with E-state index in [4.69, 9.17) is 0 Å². The van der Waals surface area contributed by atoms with Crippen LogP contribution in [0.1, 0.15) is 26.7 Å². The third kappa shape index (κ3) is 2.40. The lowest BCUT2D eigenvalue weighted by molar-refractivity contribution is 0.127. The number of hydrogen-bond donors (Lipinski definition) is 2. The molecule has 2 aromatic rings. The molecule has 2 heterocycles. The number of nitrogens with one attached hydrogen (secondary N) is 1. The van der Waals surface area contributed by atoms with E-state index in [1.54, 1.807) is 6.07 Å². The van der Waals surface area contributed by atoms with Crippen molar-refractivity contribution in [3.05, 3.63) is 12.1 Å². The largest absolute Gasteiger partial charge is 0.396 e. The van der Waals surface area contributed by atoms with Crippen LogP contribution in [0.15, 0.2) is 12.1 Å². The predicted octanol–water partition coefficient (Wildman–Crippen LogP) is 0.730. The molecule has 0 saturated heterocycles. The Kier molecular flexibility index (Phi) is 3.71. The van der Waals surface area contributed by atoms with Crippen LogP contribution in [0.25, 0.3) is 5.65 Å². The number of anilines is 1. The summed E-state index contributed by atoms with van der Waals surface area (Å²) in [5, 5.41) is 28.0. The van der Waals surface area contributed by atoms with E-state index in [0.717, 1.165) is 12.8 Å². The summed E-state index contributed by atoms with van der Waals surface area (Å²) in [6.45, 7) is 5.01. The van der Waals surface area contributed by atoms with Crippen LogP contribution in [0.3, 0.4) is 0 Å². The van der Waals surface area contributed by atoms with E-state index in [2.05, 4.69) is 39.8 Å². The van der Waals surface area contributed by atoms with Gasteiger partial charge in [0, 0.05) is 12.0 Å². The Morgan fingerprint density at radius 2 is 2.11 bits per heavy atom. The van der Waals surface area contributed by atoms with Crippen molar-refractivity contribution in [3.63, 3.8) is 0 Å². The number of aliphatic hydroxyl groups is 1. The topological polar surface area (TPSA) is 88.2 Å². The molecule has 0 saturated carbocycles. The average molecular weight is 250 g/mol. The first-order valence-electron chi connectivity index (χ1n) is 6.13. The second-order valence-electron chi connectivity index (χ2n) is 4.46. The number of aromatic nitrogens is 5. The third-order valence-electron chi connectivity index (χ3n) is 3.55. The molecule has 0 amide bonds. The van der Waals surface area contributed by atoms with E-state index in [-0.39, 0.29) is 12.0 Å². The van der Waals surface area contributed by atoms with Gasteiger partial charge in [0.1, 0.15) is 5.82 Å². The Bertz CT molecular complexity index is 499. The Hall–Kier alpha value is -1.76. The second-order valence-corrected chi connectivity index (χ2v) is 4.46. The van der Waals surface area contributed by atoms with Gasteiger partial charge in [-0.25, -0.2) is 0 Å². The number of hydrogen-bond acceptors (Lipinski definition) is 6. The van der Waals surface area contributed by atoms with Gasteiger partial charge in [-0.3, -0.25) is 0 Å². The van der Waals surface area contributed by atoms with Crippen LogP contribution < -0.4 is 5.32 Å². The molecule has 0 aliphatic carbocycles. The first-order chi connectivity index (χ1) is 8.73. The van der Waals surface area contributed by atoms with Gasteiger partial charge < -0.3 is 10.4 Å². The summed E-state index contributed by atoms with van der Waals surface area (Å²) in [5.74, 6) is 0.703. The van der Waals surface area contributed by atoms with Gasteiger partial charge in [0.25, 0.3) is 0 Å². The van der Waals surface area contributed by atoms with Gasteiger partial charge in [0.2, 0.25) is 0 Å². The fourth-order valence-corrected chi connectivity index (χ4v) is 1.80. The highest BCUT2D eigenvalue weighted by Crippen LogP contribution is 2.25. The van der Waals surface area contributed by atoms with Crippen LogP contribution in [0.5, 0.6) is 0 Å². The minimum atomic E-state index is -0.0999. The molecular formula is C11H18N6O. The fourth-order valence-electron chi connectivity index (χ4n) is 1.80. The summed E-state index contributed by atoms with van der Waals surface area (Å²) in [7, 11) is 0. The van der Waals surface area contributed by atoms with Crippen molar-refractivity contribution in [1.82, 2.24) is 25.3 Å². The van der Waals surface area contributed by atoms with Crippen molar-refractivity contribution >= 4 is 11.5 Å². The van der Waals surface area contributed by atoms with E-state index in [0.29, 0.717) is 18.0 Å². The molecule has 7 nitrogen and oxygen atoms in total. The second kappa shape index (κ2) is 5.26. The molecule has 0 aliphatic heterocycles. The zero-order valence-electron chi connectivity index (χ0n) is 10.7. The van der Waals surface area contributed by atoms with Gasteiger partial charge in [-0.05, 0) is 35.4 Å². The van der Waals surface area contributed by atoms with Crippen molar-refractivity contribution in [1.29, 1.82) is 0 Å². The lowest BCUT2D eigenvalue weighted by Gasteiger charge is -2.29. The Morgan fingerprint density at radius 1 is 1.33 bits per heavy atom. The summed E-state index contributed by atoms with van der Waals surface area (Å²) in [5.41, 5.74) is 0.511. The summed E-state index contributed by atoms with van der Waals surface area (Å²) in [6, 6.07) is 3.63. The zero-order valence-corrected chi connectivity index (χ0v) is 10.7. The molecule has 98 valence electrons. The molecule has 2 rings (SSSR count). The number of rotatable bonds is 6. The van der Waals surface area contributed by atoms with Crippen molar-refractivity contribution in [2.45, 2.75) is 26.7 Å². The molecule has 2 N–H and O–H groups in total. The molecule has 0 aliphatic rings. The molecule has 18 heavy (non-hydrogen) atoms. The average Bonchev–Trinajstić information content (AvgIpc) is 2.88. The minimum absolute atomic E-state index is 0.0999. The van der Waals surface area contributed by atoms with Crippen LogP contribution in [0.2, 0.25) is 0 Å². The van der Waals surface area contributed by atoms with E-state index >= 15 is 0 Å². The molecule has 0 aromatic carbocycles. The van der Waals surface area contributed by atoms with Crippen LogP contribution >= 0.6 is 0 Å². The molecule has 7 heteroatoms. The maximum Gasteiger partial charge on any atom is 0.200 e. The summed E-state index contributed by atoms with van der Waals surface area (Å²) in [4.78, 5) is 0. The van der Waals surface area contributed by atoms with Gasteiger partial charge in [-0.1, -0.05) is 13.8 Å². The molecule has 0 unspecified atom stereocenters. The van der Waals surface area contributed by atoms with Crippen molar-refractivity contribution in [2.75, 3.05) is 18.5 Å². The van der Waals surface area contributed by atoms with Crippen molar-refractivity contribution < 1.29 is 5.11 Å². The van der Waals surface area contributed by atoms with Gasteiger partial charge in [0.15, 0.2) is 5.65 Å². The lowest BCUT2D eigenvalue weighted by Crippen LogP contribution is -2.32. The number of fused-ring (bicyclic) bond motifs is 1. The highest BCUT2D eigenvalue weighted by Gasteiger charge is 2.25. The Balaban J connectivity index is 2.09. The van der Waals surface area contributed by atoms with Crippen molar-refractivity contribution in [3.8, 4) is 0 Å². The summed E-state index contributed by atoms with van der Waals surface area (Å²) in [6.07, 6.45) is 1.83. The monoisotopic (exact) mass is 250 g/mol. The lowest BCUT2D eigenvalue weighted by atomic mass is 9.83. The fraction of sp³-hybridized carbons (Fsp3) is 0.636. The minimum Gasteiger partial charge on any atom is -0.396 e. The van der Waals surface area contributed by atoms with Gasteiger partial charge in [-0.15, -0.1) is 14.8 Å². The number of nitrogens with zero attached hydrogens (tertiary/aromatic N) is 5. The summed E-state index contributed by atoms with van der Waals surface area (Å²) >= 11 is 0. The van der Waals surface area contributed by atoms with Crippen LogP contribution in [-0.2, 0) is 0 Å². The molecule has 0 atom stereocenters. The van der Waals surface area contributed by atoms with E-state index < -0.39 is 0 Å². The van der Waals surface area contributed by atoms with E-state index in [9.17, 15) is 5.11 Å². The van der Waals surface area contributed by atoms with E-state index in [1.165, 1.54) is 4.63 Å². The van der Waals surface area contributed by atoms with Gasteiger partial charge in [-0.2, -0.15) is 0 Å². The molecule has 0 spiro atoms. The van der Waals surface area contributed by atoms with Crippen LogP contribution in [0, 0.1) is 5.41 Å². The molecular weight excluding hydrogens is 232 g/mol. The normalized spacial score (nSPS) is 11.9. The third-order valence-corrected chi connectivity index (χ3v) is 3.55.